The Labute approximate surface area is 93.6 Å². The van der Waals surface area contributed by atoms with Gasteiger partial charge in [-0.2, -0.15) is 0 Å². The van der Waals surface area contributed by atoms with E-state index in [9.17, 15) is 0 Å². The fraction of sp³-hybridized carbons (Fsp3) is 0.500. The van der Waals surface area contributed by atoms with Crippen LogP contribution in [0, 0.1) is 6.92 Å². The van der Waals surface area contributed by atoms with Crippen molar-refractivity contribution in [3.63, 3.8) is 0 Å². The molecule has 2 heteroatoms. The fourth-order valence-electron chi connectivity index (χ4n) is 1.81. The Morgan fingerprint density at radius 1 is 1.29 bits per heavy atom. The lowest BCUT2D eigenvalue weighted by atomic mass is 10.0. The molecule has 1 aliphatic heterocycles. The number of aryl methyl sites for hydroxylation is 1. The van der Waals surface area contributed by atoms with E-state index in [0.29, 0.717) is 4.83 Å². The summed E-state index contributed by atoms with van der Waals surface area (Å²) in [5.41, 5.74) is 2.59. The minimum Gasteiger partial charge on any atom is -0.372 e. The van der Waals surface area contributed by atoms with Gasteiger partial charge in [0.2, 0.25) is 0 Å². The first kappa shape index (κ1) is 10.2. The van der Waals surface area contributed by atoms with Crippen molar-refractivity contribution in [3.05, 3.63) is 35.4 Å². The SMILES string of the molecule is Cc1ccc([C@@H]2OCCC[C@@H]2Br)cc1. The molecule has 1 fully saturated rings. The first-order valence-corrected chi connectivity index (χ1v) is 6.01. The summed E-state index contributed by atoms with van der Waals surface area (Å²) in [6, 6.07) is 8.62. The van der Waals surface area contributed by atoms with Crippen molar-refractivity contribution in [2.24, 2.45) is 0 Å². The van der Waals surface area contributed by atoms with E-state index in [1.807, 2.05) is 0 Å². The average molecular weight is 255 g/mol. The fourth-order valence-corrected chi connectivity index (χ4v) is 2.59. The van der Waals surface area contributed by atoms with Gasteiger partial charge in [0.25, 0.3) is 0 Å². The van der Waals surface area contributed by atoms with E-state index in [0.717, 1.165) is 13.0 Å². The molecule has 1 heterocycles. The van der Waals surface area contributed by atoms with Crippen LogP contribution >= 0.6 is 15.9 Å². The predicted octanol–water partition coefficient (Wildman–Crippen LogP) is 3.61. The van der Waals surface area contributed by atoms with Crippen molar-refractivity contribution in [1.29, 1.82) is 0 Å². The largest absolute Gasteiger partial charge is 0.372 e. The van der Waals surface area contributed by atoms with Gasteiger partial charge in [-0.1, -0.05) is 45.8 Å². The van der Waals surface area contributed by atoms with Crippen LogP contribution in [0.3, 0.4) is 0 Å². The van der Waals surface area contributed by atoms with Gasteiger partial charge < -0.3 is 4.74 Å². The Bertz CT molecular complexity index is 294. The van der Waals surface area contributed by atoms with E-state index in [-0.39, 0.29) is 6.10 Å². The van der Waals surface area contributed by atoms with Crippen molar-refractivity contribution in [3.8, 4) is 0 Å². The molecular weight excluding hydrogens is 240 g/mol. The van der Waals surface area contributed by atoms with E-state index in [4.69, 9.17) is 4.74 Å². The third-order valence-electron chi connectivity index (χ3n) is 2.66. The van der Waals surface area contributed by atoms with E-state index in [1.54, 1.807) is 0 Å². The highest BCUT2D eigenvalue weighted by molar-refractivity contribution is 9.09. The molecule has 1 aromatic carbocycles. The first-order valence-electron chi connectivity index (χ1n) is 5.09. The van der Waals surface area contributed by atoms with Gasteiger partial charge in [0.05, 0.1) is 6.10 Å². The van der Waals surface area contributed by atoms with Crippen LogP contribution < -0.4 is 0 Å². The van der Waals surface area contributed by atoms with Crippen LogP contribution in [0.2, 0.25) is 0 Å². The Hall–Kier alpha value is -0.340. The maximum atomic E-state index is 5.77. The maximum absolute atomic E-state index is 5.77. The second-order valence-corrected chi connectivity index (χ2v) is 5.04. The van der Waals surface area contributed by atoms with Crippen molar-refractivity contribution in [2.75, 3.05) is 6.61 Å². The molecule has 1 saturated heterocycles. The predicted molar refractivity (Wildman–Crippen MR) is 61.8 cm³/mol. The molecule has 0 saturated carbocycles. The zero-order valence-electron chi connectivity index (χ0n) is 8.37. The lowest BCUT2D eigenvalue weighted by Crippen LogP contribution is -2.22. The third kappa shape index (κ3) is 2.18. The third-order valence-corrected chi connectivity index (χ3v) is 3.59. The summed E-state index contributed by atoms with van der Waals surface area (Å²) in [6.07, 6.45) is 2.61. The molecule has 2 atom stereocenters. The van der Waals surface area contributed by atoms with Crippen molar-refractivity contribution in [2.45, 2.75) is 30.7 Å². The summed E-state index contributed by atoms with van der Waals surface area (Å²) in [5.74, 6) is 0. The highest BCUT2D eigenvalue weighted by Crippen LogP contribution is 2.33. The van der Waals surface area contributed by atoms with Gasteiger partial charge in [-0.15, -0.1) is 0 Å². The second-order valence-electron chi connectivity index (χ2n) is 3.86. The van der Waals surface area contributed by atoms with E-state index < -0.39 is 0 Å². The van der Waals surface area contributed by atoms with Crippen LogP contribution in [0.4, 0.5) is 0 Å². The van der Waals surface area contributed by atoms with Crippen LogP contribution in [0.5, 0.6) is 0 Å². The smallest absolute Gasteiger partial charge is 0.0949 e. The van der Waals surface area contributed by atoms with Crippen LogP contribution in [0.1, 0.15) is 30.1 Å². The van der Waals surface area contributed by atoms with Crippen molar-refractivity contribution in [1.82, 2.24) is 0 Å². The van der Waals surface area contributed by atoms with Crippen molar-refractivity contribution < 1.29 is 4.74 Å². The monoisotopic (exact) mass is 254 g/mol. The van der Waals surface area contributed by atoms with Gasteiger partial charge >= 0.3 is 0 Å². The molecule has 76 valence electrons. The number of hydrogen-bond acceptors (Lipinski definition) is 1. The normalized spacial score (nSPS) is 27.6. The van der Waals surface area contributed by atoms with E-state index >= 15 is 0 Å². The zero-order chi connectivity index (χ0) is 9.97. The van der Waals surface area contributed by atoms with Crippen LogP contribution in [-0.2, 0) is 4.74 Å². The molecule has 2 rings (SSSR count). The molecule has 0 N–H and O–H groups in total. The van der Waals surface area contributed by atoms with Crippen LogP contribution in [-0.4, -0.2) is 11.4 Å². The number of benzene rings is 1. The summed E-state index contributed by atoms with van der Waals surface area (Å²) in [4.78, 5) is 0.471. The molecule has 0 aliphatic carbocycles. The van der Waals surface area contributed by atoms with Gasteiger partial charge in [0.1, 0.15) is 0 Å². The Balaban J connectivity index is 2.16. The average Bonchev–Trinajstić information content (AvgIpc) is 2.20. The number of halogens is 1. The highest BCUT2D eigenvalue weighted by Gasteiger charge is 2.24. The minimum atomic E-state index is 0.240. The second kappa shape index (κ2) is 4.45. The van der Waals surface area contributed by atoms with Gasteiger partial charge in [0, 0.05) is 11.4 Å². The van der Waals surface area contributed by atoms with Crippen molar-refractivity contribution >= 4 is 15.9 Å². The zero-order valence-corrected chi connectivity index (χ0v) is 9.96. The molecule has 0 amide bonds. The molecular formula is C12H15BrO. The van der Waals surface area contributed by atoms with Crippen LogP contribution in [0.15, 0.2) is 24.3 Å². The first-order chi connectivity index (χ1) is 6.77. The summed E-state index contributed by atoms with van der Waals surface area (Å²) in [5, 5.41) is 0. The highest BCUT2D eigenvalue weighted by atomic mass is 79.9. The summed E-state index contributed by atoms with van der Waals surface area (Å²) < 4.78 is 5.77. The molecule has 0 radical (unpaired) electrons. The molecule has 1 aliphatic rings. The number of hydrogen-bond donors (Lipinski definition) is 0. The van der Waals surface area contributed by atoms with Gasteiger partial charge in [-0.3, -0.25) is 0 Å². The molecule has 0 aromatic heterocycles. The quantitative estimate of drug-likeness (QED) is 0.696. The number of rotatable bonds is 1. The Morgan fingerprint density at radius 2 is 2.00 bits per heavy atom. The van der Waals surface area contributed by atoms with Crippen LogP contribution in [0.25, 0.3) is 0 Å². The molecule has 1 aromatic rings. The van der Waals surface area contributed by atoms with Gasteiger partial charge in [-0.25, -0.2) is 0 Å². The number of alkyl halides is 1. The summed E-state index contributed by atoms with van der Waals surface area (Å²) in [6.45, 7) is 3.00. The summed E-state index contributed by atoms with van der Waals surface area (Å²) in [7, 11) is 0. The molecule has 0 unspecified atom stereocenters. The lowest BCUT2D eigenvalue weighted by molar-refractivity contribution is 0.0217. The Kier molecular flexibility index (Phi) is 3.24. The standard InChI is InChI=1S/C12H15BrO/c1-9-4-6-10(7-5-9)12-11(13)3-2-8-14-12/h4-7,11-12H,2-3,8H2,1H3/t11-,12-/m0/s1. The van der Waals surface area contributed by atoms with Gasteiger partial charge in [-0.05, 0) is 25.3 Å². The molecule has 1 nitrogen and oxygen atoms in total. The topological polar surface area (TPSA) is 9.23 Å². The molecule has 0 bridgehead atoms. The van der Waals surface area contributed by atoms with E-state index in [2.05, 4.69) is 47.1 Å². The Morgan fingerprint density at radius 3 is 2.64 bits per heavy atom. The van der Waals surface area contributed by atoms with Gasteiger partial charge in [0.15, 0.2) is 0 Å². The summed E-state index contributed by atoms with van der Waals surface area (Å²) >= 11 is 3.68. The van der Waals surface area contributed by atoms with E-state index in [1.165, 1.54) is 17.5 Å². The number of ether oxygens (including phenoxy) is 1. The lowest BCUT2D eigenvalue weighted by Gasteiger charge is -2.28. The maximum Gasteiger partial charge on any atom is 0.0949 e. The molecule has 0 spiro atoms. The minimum absolute atomic E-state index is 0.240. The molecule has 14 heavy (non-hydrogen) atoms.